The Balaban J connectivity index is 2.25. The summed E-state index contributed by atoms with van der Waals surface area (Å²) in [5.41, 5.74) is 1.71. The summed E-state index contributed by atoms with van der Waals surface area (Å²) < 4.78 is 5.40. The summed E-state index contributed by atoms with van der Waals surface area (Å²) in [4.78, 5) is 27.5. The zero-order valence-corrected chi connectivity index (χ0v) is 12.2. The summed E-state index contributed by atoms with van der Waals surface area (Å²) in [5, 5.41) is 0. The van der Waals surface area contributed by atoms with Crippen LogP contribution < -0.4 is 9.64 Å². The molecule has 0 spiro atoms. The summed E-state index contributed by atoms with van der Waals surface area (Å²) in [6, 6.07) is 5.65. The number of nitrogens with zero attached hydrogens (tertiary/aromatic N) is 2. The van der Waals surface area contributed by atoms with E-state index in [2.05, 4.69) is 0 Å². The molecule has 0 N–H and O–H groups in total. The van der Waals surface area contributed by atoms with Gasteiger partial charge in [-0.3, -0.25) is 14.5 Å². The molecule has 108 valence electrons. The van der Waals surface area contributed by atoms with Crippen molar-refractivity contribution >= 4 is 17.5 Å². The number of carbonyl (C=O) groups is 2. The average molecular weight is 276 g/mol. The second-order valence-corrected chi connectivity index (χ2v) is 4.81. The maximum Gasteiger partial charge on any atom is 0.265 e. The maximum absolute atomic E-state index is 12.2. The molecule has 1 aromatic carbocycles. The predicted octanol–water partition coefficient (Wildman–Crippen LogP) is 1.59. The van der Waals surface area contributed by atoms with Gasteiger partial charge in [0.2, 0.25) is 5.91 Å². The first-order chi connectivity index (χ1) is 9.56. The topological polar surface area (TPSA) is 49.9 Å². The number of carbonyl (C=O) groups excluding carboxylic acids is 2. The maximum atomic E-state index is 12.2. The van der Waals surface area contributed by atoms with Gasteiger partial charge in [0.1, 0.15) is 12.3 Å². The van der Waals surface area contributed by atoms with Gasteiger partial charge in [0.15, 0.2) is 6.61 Å². The van der Waals surface area contributed by atoms with Crippen LogP contribution in [0.2, 0.25) is 0 Å². The van der Waals surface area contributed by atoms with Gasteiger partial charge in [0, 0.05) is 13.1 Å². The number of hydrogen-bond acceptors (Lipinski definition) is 3. The minimum absolute atomic E-state index is 0.0123. The smallest absolute Gasteiger partial charge is 0.265 e. The third-order valence-electron chi connectivity index (χ3n) is 3.47. The molecule has 5 heteroatoms. The van der Waals surface area contributed by atoms with Gasteiger partial charge in [-0.15, -0.1) is 0 Å². The highest BCUT2D eigenvalue weighted by molar-refractivity contribution is 6.02. The average Bonchev–Trinajstić information content (AvgIpc) is 2.43. The third-order valence-corrected chi connectivity index (χ3v) is 3.47. The van der Waals surface area contributed by atoms with Crippen molar-refractivity contribution in [3.05, 3.63) is 23.8 Å². The zero-order chi connectivity index (χ0) is 14.7. The van der Waals surface area contributed by atoms with E-state index in [9.17, 15) is 9.59 Å². The molecule has 0 saturated carbocycles. The van der Waals surface area contributed by atoms with Crippen molar-refractivity contribution < 1.29 is 14.3 Å². The van der Waals surface area contributed by atoms with Gasteiger partial charge < -0.3 is 9.64 Å². The van der Waals surface area contributed by atoms with Crippen molar-refractivity contribution in [3.8, 4) is 5.75 Å². The van der Waals surface area contributed by atoms with Crippen molar-refractivity contribution in [2.24, 2.45) is 0 Å². The summed E-state index contributed by atoms with van der Waals surface area (Å²) in [6.07, 6.45) is 0. The fourth-order valence-corrected chi connectivity index (χ4v) is 2.30. The molecule has 0 saturated heterocycles. The molecule has 0 aromatic heterocycles. The van der Waals surface area contributed by atoms with Crippen molar-refractivity contribution in [2.75, 3.05) is 31.1 Å². The van der Waals surface area contributed by atoms with E-state index in [4.69, 9.17) is 4.74 Å². The summed E-state index contributed by atoms with van der Waals surface area (Å²) >= 11 is 0. The Morgan fingerprint density at radius 1 is 1.35 bits per heavy atom. The van der Waals surface area contributed by atoms with Crippen molar-refractivity contribution in [1.29, 1.82) is 0 Å². The molecule has 0 fully saturated rings. The zero-order valence-electron chi connectivity index (χ0n) is 12.2. The van der Waals surface area contributed by atoms with Crippen LogP contribution in [-0.4, -0.2) is 43.0 Å². The molecule has 2 amide bonds. The number of anilines is 1. The van der Waals surface area contributed by atoms with E-state index in [1.165, 1.54) is 4.90 Å². The quantitative estimate of drug-likeness (QED) is 0.839. The highest BCUT2D eigenvalue weighted by atomic mass is 16.5. The van der Waals surface area contributed by atoms with E-state index in [0.29, 0.717) is 24.5 Å². The molecule has 1 aromatic rings. The van der Waals surface area contributed by atoms with E-state index in [1.807, 2.05) is 39.0 Å². The van der Waals surface area contributed by atoms with Crippen LogP contribution in [0.1, 0.15) is 19.4 Å². The van der Waals surface area contributed by atoms with Gasteiger partial charge in [-0.05, 0) is 38.5 Å². The SMILES string of the molecule is CCN(CC)C(=O)CN1C(=O)COc2ccc(C)cc21. The first-order valence-corrected chi connectivity index (χ1v) is 6.88. The Morgan fingerprint density at radius 3 is 2.70 bits per heavy atom. The Kier molecular flexibility index (Phi) is 4.27. The Labute approximate surface area is 119 Å². The normalized spacial score (nSPS) is 13.8. The molecule has 2 rings (SSSR count). The lowest BCUT2D eigenvalue weighted by molar-refractivity contribution is -0.131. The Bertz CT molecular complexity index is 524. The van der Waals surface area contributed by atoms with Crippen LogP contribution in [0, 0.1) is 6.92 Å². The van der Waals surface area contributed by atoms with Gasteiger partial charge in [0.05, 0.1) is 5.69 Å². The fraction of sp³-hybridized carbons (Fsp3) is 0.467. The van der Waals surface area contributed by atoms with Gasteiger partial charge in [-0.1, -0.05) is 6.07 Å². The standard InChI is InChI=1S/C15H20N2O3/c1-4-16(5-2)14(18)9-17-12-8-11(3)6-7-13(12)20-10-15(17)19/h6-8H,4-5,9-10H2,1-3H3. The van der Waals surface area contributed by atoms with Gasteiger partial charge in [-0.2, -0.15) is 0 Å². The first-order valence-electron chi connectivity index (χ1n) is 6.88. The van der Waals surface area contributed by atoms with Crippen LogP contribution >= 0.6 is 0 Å². The molecule has 0 unspecified atom stereocenters. The van der Waals surface area contributed by atoms with Crippen molar-refractivity contribution in [2.45, 2.75) is 20.8 Å². The molecule has 5 nitrogen and oxygen atoms in total. The van der Waals surface area contributed by atoms with Crippen LogP contribution in [0.3, 0.4) is 0 Å². The first kappa shape index (κ1) is 14.4. The van der Waals surface area contributed by atoms with Crippen LogP contribution in [0.4, 0.5) is 5.69 Å². The number of likely N-dealkylation sites (N-methyl/N-ethyl adjacent to an activating group) is 1. The van der Waals surface area contributed by atoms with Gasteiger partial charge >= 0.3 is 0 Å². The van der Waals surface area contributed by atoms with Gasteiger partial charge in [0.25, 0.3) is 5.91 Å². The lowest BCUT2D eigenvalue weighted by Crippen LogP contribution is -2.46. The number of aryl methyl sites for hydroxylation is 1. The number of hydrogen-bond donors (Lipinski definition) is 0. The lowest BCUT2D eigenvalue weighted by Gasteiger charge is -2.31. The summed E-state index contributed by atoms with van der Waals surface area (Å²) in [7, 11) is 0. The van der Waals surface area contributed by atoms with Gasteiger partial charge in [-0.25, -0.2) is 0 Å². The van der Waals surface area contributed by atoms with E-state index in [1.54, 1.807) is 4.90 Å². The Morgan fingerprint density at radius 2 is 2.05 bits per heavy atom. The fourth-order valence-electron chi connectivity index (χ4n) is 2.30. The lowest BCUT2D eigenvalue weighted by atomic mass is 10.1. The van der Waals surface area contributed by atoms with Crippen LogP contribution in [-0.2, 0) is 9.59 Å². The molecular weight excluding hydrogens is 256 g/mol. The predicted molar refractivity (Wildman–Crippen MR) is 77.0 cm³/mol. The van der Waals surface area contributed by atoms with E-state index in [-0.39, 0.29) is 25.0 Å². The largest absolute Gasteiger partial charge is 0.482 e. The molecule has 0 bridgehead atoms. The van der Waals surface area contributed by atoms with Crippen molar-refractivity contribution in [3.63, 3.8) is 0 Å². The monoisotopic (exact) mass is 276 g/mol. The second kappa shape index (κ2) is 5.94. The number of amides is 2. The highest BCUT2D eigenvalue weighted by Crippen LogP contribution is 2.32. The molecule has 0 atom stereocenters. The van der Waals surface area contributed by atoms with Crippen LogP contribution in [0.15, 0.2) is 18.2 Å². The molecule has 20 heavy (non-hydrogen) atoms. The molecule has 0 aliphatic carbocycles. The Hall–Kier alpha value is -2.04. The molecule has 1 aliphatic rings. The minimum atomic E-state index is -0.177. The molecule has 0 radical (unpaired) electrons. The van der Waals surface area contributed by atoms with Crippen LogP contribution in [0.5, 0.6) is 5.75 Å². The summed E-state index contributed by atoms with van der Waals surface area (Å²) in [6.45, 7) is 7.16. The van der Waals surface area contributed by atoms with E-state index < -0.39 is 0 Å². The summed E-state index contributed by atoms with van der Waals surface area (Å²) in [5.74, 6) is 0.434. The third kappa shape index (κ3) is 2.76. The van der Waals surface area contributed by atoms with E-state index >= 15 is 0 Å². The number of fused-ring (bicyclic) bond motifs is 1. The van der Waals surface area contributed by atoms with Crippen molar-refractivity contribution in [1.82, 2.24) is 4.90 Å². The molecule has 1 heterocycles. The van der Waals surface area contributed by atoms with E-state index in [0.717, 1.165) is 5.56 Å². The number of rotatable bonds is 4. The highest BCUT2D eigenvalue weighted by Gasteiger charge is 2.28. The molecular formula is C15H20N2O3. The minimum Gasteiger partial charge on any atom is -0.482 e. The number of benzene rings is 1. The number of ether oxygens (including phenoxy) is 1. The second-order valence-electron chi connectivity index (χ2n) is 4.81. The molecule has 1 aliphatic heterocycles. The van der Waals surface area contributed by atoms with Crippen LogP contribution in [0.25, 0.3) is 0 Å².